The highest BCUT2D eigenvalue weighted by Gasteiger charge is 2.08. The number of hydrogen-bond acceptors (Lipinski definition) is 3. The Balaban J connectivity index is 2.87. The molecule has 1 aromatic rings. The van der Waals surface area contributed by atoms with Gasteiger partial charge in [0.2, 0.25) is 0 Å². The van der Waals surface area contributed by atoms with Gasteiger partial charge >= 0.3 is 0 Å². The highest BCUT2D eigenvalue weighted by Crippen LogP contribution is 2.22. The van der Waals surface area contributed by atoms with E-state index in [1.165, 1.54) is 0 Å². The average molecular weight is 208 g/mol. The molecule has 0 spiro atoms. The highest BCUT2D eigenvalue weighted by molar-refractivity contribution is 5.47. The van der Waals surface area contributed by atoms with Gasteiger partial charge in [-0.15, -0.1) is 0 Å². The van der Waals surface area contributed by atoms with Crippen LogP contribution in [0, 0.1) is 0 Å². The molecule has 0 saturated carbocycles. The largest absolute Gasteiger partial charge is 0.496 e. The number of nitrogen functional groups attached to an aromatic ring is 1. The zero-order valence-electron chi connectivity index (χ0n) is 9.95. The third-order valence-corrected chi connectivity index (χ3v) is 2.61. The number of benzene rings is 1. The number of nitrogens with two attached hydrogens (primary N) is 1. The van der Waals surface area contributed by atoms with Crippen LogP contribution in [0.3, 0.4) is 0 Å². The van der Waals surface area contributed by atoms with Gasteiger partial charge < -0.3 is 10.5 Å². The Bertz CT molecular complexity index is 323. The van der Waals surface area contributed by atoms with E-state index in [0.717, 1.165) is 23.5 Å². The van der Waals surface area contributed by atoms with Crippen molar-refractivity contribution in [3.05, 3.63) is 23.8 Å². The van der Waals surface area contributed by atoms with Crippen molar-refractivity contribution in [2.45, 2.75) is 26.4 Å². The fourth-order valence-corrected chi connectivity index (χ4v) is 1.37. The third kappa shape index (κ3) is 3.13. The molecular weight excluding hydrogens is 188 g/mol. The van der Waals surface area contributed by atoms with Crippen molar-refractivity contribution >= 4 is 5.69 Å². The van der Waals surface area contributed by atoms with E-state index in [-0.39, 0.29) is 0 Å². The van der Waals surface area contributed by atoms with Gasteiger partial charge in [-0.3, -0.25) is 4.90 Å². The first-order valence-corrected chi connectivity index (χ1v) is 5.17. The Morgan fingerprint density at radius 3 is 2.60 bits per heavy atom. The molecule has 0 radical (unpaired) electrons. The minimum atomic E-state index is 0.510. The van der Waals surface area contributed by atoms with Crippen LogP contribution in [0.4, 0.5) is 5.69 Å². The summed E-state index contributed by atoms with van der Waals surface area (Å²) in [5.41, 5.74) is 7.67. The molecule has 3 heteroatoms. The third-order valence-electron chi connectivity index (χ3n) is 2.61. The Kier molecular flexibility index (Phi) is 3.97. The van der Waals surface area contributed by atoms with E-state index < -0.39 is 0 Å². The van der Waals surface area contributed by atoms with Crippen LogP contribution in [0.15, 0.2) is 18.2 Å². The van der Waals surface area contributed by atoms with E-state index in [4.69, 9.17) is 10.5 Å². The van der Waals surface area contributed by atoms with Gasteiger partial charge in [-0.2, -0.15) is 0 Å². The van der Waals surface area contributed by atoms with Crippen LogP contribution in [0.5, 0.6) is 5.75 Å². The van der Waals surface area contributed by atoms with Gasteiger partial charge in [-0.1, -0.05) is 0 Å². The van der Waals surface area contributed by atoms with Crippen molar-refractivity contribution in [1.82, 2.24) is 4.90 Å². The van der Waals surface area contributed by atoms with Gasteiger partial charge in [0.1, 0.15) is 5.75 Å². The number of nitrogens with zero attached hydrogens (tertiary/aromatic N) is 1. The summed E-state index contributed by atoms with van der Waals surface area (Å²) in [6.07, 6.45) is 0. The van der Waals surface area contributed by atoms with Crippen LogP contribution in [-0.2, 0) is 6.54 Å². The molecular formula is C12H20N2O. The van der Waals surface area contributed by atoms with Crippen molar-refractivity contribution in [3.63, 3.8) is 0 Å². The van der Waals surface area contributed by atoms with Crippen molar-refractivity contribution in [2.75, 3.05) is 19.9 Å². The van der Waals surface area contributed by atoms with Gasteiger partial charge in [0.15, 0.2) is 0 Å². The number of rotatable bonds is 4. The van der Waals surface area contributed by atoms with Gasteiger partial charge in [0.05, 0.1) is 7.11 Å². The average Bonchev–Trinajstić information content (AvgIpc) is 2.18. The quantitative estimate of drug-likeness (QED) is 0.770. The second-order valence-corrected chi connectivity index (χ2v) is 4.08. The second-order valence-electron chi connectivity index (χ2n) is 4.08. The van der Waals surface area contributed by atoms with Gasteiger partial charge in [0, 0.05) is 23.8 Å². The lowest BCUT2D eigenvalue weighted by Crippen LogP contribution is -2.25. The summed E-state index contributed by atoms with van der Waals surface area (Å²) in [5, 5.41) is 0. The Hall–Kier alpha value is -1.22. The van der Waals surface area contributed by atoms with Gasteiger partial charge in [0.25, 0.3) is 0 Å². The first kappa shape index (κ1) is 11.9. The highest BCUT2D eigenvalue weighted by atomic mass is 16.5. The van der Waals surface area contributed by atoms with Crippen LogP contribution < -0.4 is 10.5 Å². The minimum Gasteiger partial charge on any atom is -0.496 e. The molecule has 0 heterocycles. The Labute approximate surface area is 91.8 Å². The molecule has 1 aromatic carbocycles. The lowest BCUT2D eigenvalue weighted by Gasteiger charge is -2.22. The summed E-state index contributed by atoms with van der Waals surface area (Å²) >= 11 is 0. The summed E-state index contributed by atoms with van der Waals surface area (Å²) in [7, 11) is 3.78. The molecule has 0 aliphatic heterocycles. The molecule has 3 nitrogen and oxygen atoms in total. The van der Waals surface area contributed by atoms with E-state index >= 15 is 0 Å². The first-order valence-electron chi connectivity index (χ1n) is 5.17. The zero-order valence-corrected chi connectivity index (χ0v) is 9.95. The second kappa shape index (κ2) is 5.03. The maximum atomic E-state index is 5.76. The normalized spacial score (nSPS) is 11.1. The van der Waals surface area contributed by atoms with Crippen LogP contribution in [0.25, 0.3) is 0 Å². The fourth-order valence-electron chi connectivity index (χ4n) is 1.37. The molecule has 2 N–H and O–H groups in total. The molecule has 0 amide bonds. The molecule has 0 bridgehead atoms. The van der Waals surface area contributed by atoms with E-state index in [1.807, 2.05) is 18.2 Å². The van der Waals surface area contributed by atoms with Crippen molar-refractivity contribution in [2.24, 2.45) is 0 Å². The molecule has 0 fully saturated rings. The Morgan fingerprint density at radius 2 is 2.07 bits per heavy atom. The lowest BCUT2D eigenvalue weighted by atomic mass is 10.1. The van der Waals surface area contributed by atoms with Crippen LogP contribution >= 0.6 is 0 Å². The monoisotopic (exact) mass is 208 g/mol. The standard InChI is InChI=1S/C12H20N2O/c1-9(2)14(3)8-10-7-11(13)5-6-12(10)15-4/h5-7,9H,8,13H2,1-4H3. The zero-order chi connectivity index (χ0) is 11.4. The minimum absolute atomic E-state index is 0.510. The predicted octanol–water partition coefficient (Wildman–Crippen LogP) is 2.12. The van der Waals surface area contributed by atoms with Crippen molar-refractivity contribution in [3.8, 4) is 5.75 Å². The van der Waals surface area contributed by atoms with E-state index in [1.54, 1.807) is 7.11 Å². The molecule has 1 rings (SSSR count). The van der Waals surface area contributed by atoms with E-state index in [2.05, 4.69) is 25.8 Å². The first-order chi connectivity index (χ1) is 7.04. The summed E-state index contributed by atoms with van der Waals surface area (Å²) < 4.78 is 5.30. The summed E-state index contributed by atoms with van der Waals surface area (Å²) in [6.45, 7) is 5.18. The van der Waals surface area contributed by atoms with Crippen LogP contribution in [-0.4, -0.2) is 25.1 Å². The SMILES string of the molecule is COc1ccc(N)cc1CN(C)C(C)C. The van der Waals surface area contributed by atoms with Crippen LogP contribution in [0.2, 0.25) is 0 Å². The molecule has 0 aromatic heterocycles. The number of ether oxygens (including phenoxy) is 1. The molecule has 0 aliphatic rings. The smallest absolute Gasteiger partial charge is 0.123 e. The number of anilines is 1. The topological polar surface area (TPSA) is 38.5 Å². The summed E-state index contributed by atoms with van der Waals surface area (Å²) in [6, 6.07) is 6.25. The maximum absolute atomic E-state index is 5.76. The summed E-state index contributed by atoms with van der Waals surface area (Å²) in [5.74, 6) is 0.900. The van der Waals surface area contributed by atoms with Gasteiger partial charge in [-0.05, 0) is 39.1 Å². The molecule has 0 aliphatic carbocycles. The van der Waals surface area contributed by atoms with E-state index in [9.17, 15) is 0 Å². The predicted molar refractivity (Wildman–Crippen MR) is 64.0 cm³/mol. The van der Waals surface area contributed by atoms with Crippen molar-refractivity contribution < 1.29 is 4.74 Å². The molecule has 0 unspecified atom stereocenters. The molecule has 15 heavy (non-hydrogen) atoms. The van der Waals surface area contributed by atoms with E-state index in [0.29, 0.717) is 6.04 Å². The molecule has 0 saturated heterocycles. The summed E-state index contributed by atoms with van der Waals surface area (Å²) in [4.78, 5) is 2.25. The number of methoxy groups -OCH3 is 1. The van der Waals surface area contributed by atoms with Crippen LogP contribution in [0.1, 0.15) is 19.4 Å². The van der Waals surface area contributed by atoms with Crippen molar-refractivity contribution in [1.29, 1.82) is 0 Å². The Morgan fingerprint density at radius 1 is 1.40 bits per heavy atom. The maximum Gasteiger partial charge on any atom is 0.123 e. The van der Waals surface area contributed by atoms with Gasteiger partial charge in [-0.25, -0.2) is 0 Å². The number of hydrogen-bond donors (Lipinski definition) is 1. The molecule has 84 valence electrons. The lowest BCUT2D eigenvalue weighted by molar-refractivity contribution is 0.261. The fraction of sp³-hybridized carbons (Fsp3) is 0.500. The molecule has 0 atom stereocenters.